The molecule has 2 rings (SSSR count). The zero-order valence-corrected chi connectivity index (χ0v) is 11.5. The molecule has 0 bridgehead atoms. The van der Waals surface area contributed by atoms with E-state index in [9.17, 15) is 13.2 Å². The van der Waals surface area contributed by atoms with Crippen LogP contribution >= 0.6 is 23.4 Å². The molecule has 1 N–H and O–H groups in total. The Hall–Kier alpha value is -0.760. The molecule has 1 aliphatic heterocycles. The lowest BCUT2D eigenvalue weighted by atomic mass is 10.4. The number of carbonyl (C=O) groups is 1. The minimum absolute atomic E-state index is 0.0552. The van der Waals surface area contributed by atoms with E-state index >= 15 is 0 Å². The minimum atomic E-state index is -3.86. The van der Waals surface area contributed by atoms with Gasteiger partial charge in [-0.3, -0.25) is 4.79 Å². The summed E-state index contributed by atoms with van der Waals surface area (Å²) in [4.78, 5) is 11.0. The Kier molecular flexibility index (Phi) is 3.86. The average Bonchev–Trinajstić information content (AvgIpc) is 2.78. The second-order valence-corrected chi connectivity index (χ2v) is 6.94. The predicted octanol–water partition coefficient (Wildman–Crippen LogP) is 1.49. The topological polar surface area (TPSA) is 74.7 Å². The summed E-state index contributed by atoms with van der Waals surface area (Å²) in [6.45, 7) is 0. The smallest absolute Gasteiger partial charge is 0.322 e. The number of thioether (sulfide) groups is 1. The van der Waals surface area contributed by atoms with Gasteiger partial charge < -0.3 is 5.11 Å². The molecule has 0 radical (unpaired) electrons. The Morgan fingerprint density at radius 2 is 2.11 bits per heavy atom. The van der Waals surface area contributed by atoms with Crippen LogP contribution in [0.4, 0.5) is 0 Å². The lowest BCUT2D eigenvalue weighted by Crippen LogP contribution is -2.41. The van der Waals surface area contributed by atoms with Crippen LogP contribution in [0.2, 0.25) is 5.02 Å². The number of halogens is 1. The quantitative estimate of drug-likeness (QED) is 0.915. The van der Waals surface area contributed by atoms with Crippen molar-refractivity contribution in [3.05, 3.63) is 29.3 Å². The highest BCUT2D eigenvalue weighted by atomic mass is 35.5. The zero-order valence-electron chi connectivity index (χ0n) is 9.11. The molecule has 8 heteroatoms. The van der Waals surface area contributed by atoms with Crippen molar-refractivity contribution < 1.29 is 18.3 Å². The summed E-state index contributed by atoms with van der Waals surface area (Å²) in [5.74, 6) is -0.764. The van der Waals surface area contributed by atoms with Gasteiger partial charge in [-0.05, 0) is 12.1 Å². The Morgan fingerprint density at radius 1 is 1.44 bits per heavy atom. The van der Waals surface area contributed by atoms with Crippen LogP contribution in [0.1, 0.15) is 0 Å². The van der Waals surface area contributed by atoms with E-state index in [1.165, 1.54) is 23.9 Å². The molecular formula is C10H10ClNO4S2. The van der Waals surface area contributed by atoms with Crippen molar-refractivity contribution in [2.45, 2.75) is 10.9 Å². The summed E-state index contributed by atoms with van der Waals surface area (Å²) < 4.78 is 25.6. The minimum Gasteiger partial charge on any atom is -0.480 e. The molecule has 1 aromatic carbocycles. The highest BCUT2D eigenvalue weighted by Crippen LogP contribution is 2.31. The molecule has 98 valence electrons. The first-order chi connectivity index (χ1) is 8.44. The Morgan fingerprint density at radius 3 is 2.72 bits per heavy atom. The third-order valence-corrected chi connectivity index (χ3v) is 6.08. The van der Waals surface area contributed by atoms with E-state index in [2.05, 4.69) is 0 Å². The molecule has 1 fully saturated rings. The number of hydrogen-bond acceptors (Lipinski definition) is 4. The van der Waals surface area contributed by atoms with Gasteiger partial charge in [-0.25, -0.2) is 8.42 Å². The fraction of sp³-hybridized carbons (Fsp3) is 0.300. The van der Waals surface area contributed by atoms with E-state index < -0.39 is 22.0 Å². The SMILES string of the molecule is O=C(O)C1CSCN1S(=O)(=O)c1ccccc1Cl. The van der Waals surface area contributed by atoms with E-state index in [0.717, 1.165) is 4.31 Å². The van der Waals surface area contributed by atoms with Crippen molar-refractivity contribution in [1.82, 2.24) is 4.31 Å². The average molecular weight is 308 g/mol. The highest BCUT2D eigenvalue weighted by molar-refractivity contribution is 8.00. The first-order valence-electron chi connectivity index (χ1n) is 5.01. The molecule has 1 unspecified atom stereocenters. The first kappa shape index (κ1) is 13.7. The van der Waals surface area contributed by atoms with Gasteiger partial charge in [0.25, 0.3) is 0 Å². The normalized spacial score (nSPS) is 21.1. The Balaban J connectivity index is 2.43. The number of aliphatic carboxylic acids is 1. The number of carboxylic acid groups (broad SMARTS) is 1. The number of benzene rings is 1. The maximum Gasteiger partial charge on any atom is 0.322 e. The number of nitrogens with zero attached hydrogens (tertiary/aromatic N) is 1. The standard InChI is InChI=1S/C10H10ClNO4S2/c11-7-3-1-2-4-9(7)18(15,16)12-6-17-5-8(12)10(13)14/h1-4,8H,5-6H2,(H,13,14). The van der Waals surface area contributed by atoms with Gasteiger partial charge in [-0.15, -0.1) is 11.8 Å². The van der Waals surface area contributed by atoms with Crippen molar-refractivity contribution >= 4 is 39.4 Å². The van der Waals surface area contributed by atoms with Gasteiger partial charge in [0.2, 0.25) is 10.0 Å². The Bertz CT molecular complexity index is 575. The first-order valence-corrected chi connectivity index (χ1v) is 7.99. The van der Waals surface area contributed by atoms with E-state index in [4.69, 9.17) is 16.7 Å². The van der Waals surface area contributed by atoms with Crippen LogP contribution in [0.15, 0.2) is 29.2 Å². The van der Waals surface area contributed by atoms with Crippen molar-refractivity contribution in [2.24, 2.45) is 0 Å². The largest absolute Gasteiger partial charge is 0.480 e. The molecule has 18 heavy (non-hydrogen) atoms. The molecule has 0 aromatic heterocycles. The lowest BCUT2D eigenvalue weighted by Gasteiger charge is -2.20. The van der Waals surface area contributed by atoms with Crippen LogP contribution in [-0.2, 0) is 14.8 Å². The summed E-state index contributed by atoms with van der Waals surface area (Å²) in [5, 5.41) is 9.11. The van der Waals surface area contributed by atoms with E-state index in [0.29, 0.717) is 0 Å². The van der Waals surface area contributed by atoms with Crippen molar-refractivity contribution in [1.29, 1.82) is 0 Å². The fourth-order valence-electron chi connectivity index (χ4n) is 1.64. The molecule has 1 heterocycles. The summed E-state index contributed by atoms with van der Waals surface area (Å²) in [6, 6.07) is 4.98. The van der Waals surface area contributed by atoms with Crippen molar-refractivity contribution in [2.75, 3.05) is 11.6 Å². The van der Waals surface area contributed by atoms with Gasteiger partial charge in [0, 0.05) is 5.75 Å². The summed E-state index contributed by atoms with van der Waals surface area (Å²) in [7, 11) is -3.86. The van der Waals surface area contributed by atoms with Crippen molar-refractivity contribution in [3.8, 4) is 0 Å². The maximum absolute atomic E-state index is 12.3. The molecule has 1 aliphatic rings. The second kappa shape index (κ2) is 5.08. The molecule has 1 aromatic rings. The number of hydrogen-bond donors (Lipinski definition) is 1. The molecule has 1 atom stereocenters. The van der Waals surface area contributed by atoms with Gasteiger partial charge in [-0.2, -0.15) is 4.31 Å². The van der Waals surface area contributed by atoms with E-state index in [1.54, 1.807) is 12.1 Å². The number of carboxylic acids is 1. The van der Waals surface area contributed by atoms with E-state index in [-0.39, 0.29) is 21.5 Å². The summed E-state index contributed by atoms with van der Waals surface area (Å²) in [6.07, 6.45) is 0. The zero-order chi connectivity index (χ0) is 13.3. The molecule has 1 saturated heterocycles. The van der Waals surface area contributed by atoms with E-state index in [1.807, 2.05) is 0 Å². The summed E-state index contributed by atoms with van der Waals surface area (Å²) in [5.41, 5.74) is 0. The van der Waals surface area contributed by atoms with Crippen LogP contribution in [0, 0.1) is 0 Å². The molecule has 5 nitrogen and oxygen atoms in total. The van der Waals surface area contributed by atoms with Crippen LogP contribution in [-0.4, -0.2) is 41.5 Å². The third-order valence-electron chi connectivity index (χ3n) is 2.55. The maximum atomic E-state index is 12.3. The molecule has 0 amide bonds. The number of rotatable bonds is 3. The summed E-state index contributed by atoms with van der Waals surface area (Å²) >= 11 is 7.12. The Labute approximate surface area is 114 Å². The molecule has 0 aliphatic carbocycles. The van der Waals surface area contributed by atoms with Crippen LogP contribution in [0.25, 0.3) is 0 Å². The van der Waals surface area contributed by atoms with Crippen molar-refractivity contribution in [3.63, 3.8) is 0 Å². The third kappa shape index (κ3) is 2.35. The second-order valence-electron chi connectivity index (χ2n) is 3.68. The predicted molar refractivity (Wildman–Crippen MR) is 69.2 cm³/mol. The van der Waals surface area contributed by atoms with Crippen LogP contribution in [0.5, 0.6) is 0 Å². The lowest BCUT2D eigenvalue weighted by molar-refractivity contribution is -0.140. The monoisotopic (exact) mass is 307 g/mol. The molecule has 0 spiro atoms. The van der Waals surface area contributed by atoms with Crippen LogP contribution in [0.3, 0.4) is 0 Å². The van der Waals surface area contributed by atoms with Crippen LogP contribution < -0.4 is 0 Å². The van der Waals surface area contributed by atoms with Gasteiger partial charge in [0.1, 0.15) is 10.9 Å². The van der Waals surface area contributed by atoms with Gasteiger partial charge in [0.15, 0.2) is 0 Å². The number of sulfonamides is 1. The van der Waals surface area contributed by atoms with Gasteiger partial charge in [0.05, 0.1) is 10.9 Å². The van der Waals surface area contributed by atoms with Gasteiger partial charge in [-0.1, -0.05) is 23.7 Å². The molecule has 0 saturated carbocycles. The fourth-order valence-corrected chi connectivity index (χ4v) is 5.27. The highest BCUT2D eigenvalue weighted by Gasteiger charge is 2.40. The van der Waals surface area contributed by atoms with Gasteiger partial charge >= 0.3 is 5.97 Å². The molecular weight excluding hydrogens is 298 g/mol.